The molecule has 8 heterocycles. The Morgan fingerprint density at radius 3 is 2.11 bits per heavy atom. The lowest BCUT2D eigenvalue weighted by molar-refractivity contribution is -0.932. The zero-order valence-electron chi connectivity index (χ0n) is 30.2. The average Bonchev–Trinajstić information content (AvgIpc) is 3.73. The number of aromatic nitrogens is 3. The van der Waals surface area contributed by atoms with Crippen molar-refractivity contribution in [3.05, 3.63) is 180 Å². The molecule has 0 fully saturated rings. The Morgan fingerprint density at radius 2 is 1.24 bits per heavy atom. The van der Waals surface area contributed by atoms with Gasteiger partial charge in [0, 0.05) is 27.8 Å². The fourth-order valence-corrected chi connectivity index (χ4v) is 11.0. The van der Waals surface area contributed by atoms with Gasteiger partial charge in [-0.3, -0.25) is 0 Å². The van der Waals surface area contributed by atoms with Crippen molar-refractivity contribution in [2.45, 2.75) is 24.9 Å². The summed E-state index contributed by atoms with van der Waals surface area (Å²) in [6.45, 7) is 4.77. The van der Waals surface area contributed by atoms with Gasteiger partial charge in [-0.05, 0) is 82.9 Å². The molecule has 55 heavy (non-hydrogen) atoms. The van der Waals surface area contributed by atoms with E-state index in [2.05, 4.69) is 190 Å². The smallest absolute Gasteiger partial charge is 0.323 e. The third-order valence-electron chi connectivity index (χ3n) is 13.3. The highest BCUT2D eigenvalue weighted by Gasteiger charge is 2.71. The van der Waals surface area contributed by atoms with Gasteiger partial charge in [0.25, 0.3) is 11.6 Å². The number of benzene rings is 6. The van der Waals surface area contributed by atoms with Crippen molar-refractivity contribution < 1.29 is 13.9 Å². The number of hydrogen-bond acceptors (Lipinski definition) is 2. The number of ether oxygens (including phenoxy) is 1. The summed E-state index contributed by atoms with van der Waals surface area (Å²) in [5, 5.41) is 2.49. The van der Waals surface area contributed by atoms with Gasteiger partial charge in [-0.15, -0.1) is 0 Å². The standard InChI is InChI=1S/C50H32N4O/c1-49(2)35-14-7-9-16-38(35)51-40-17-10-18-42-45(40)50-46-43(55-42)26-23-34-33-13-6-8-15-37(33)52(47(34)46)44-28-32(31-21-19-30(20-22-31)29-11-4-3-5-12-29)27-41(53(44)50)39-25-24-36(49)48(51)54(39)50/h3-28H,1-2H3/q+2. The number of rotatable bonds is 2. The molecule has 0 saturated carbocycles. The lowest BCUT2D eigenvalue weighted by Gasteiger charge is -2.45. The Bertz CT molecular complexity index is 3270. The molecule has 0 amide bonds. The highest BCUT2D eigenvalue weighted by Crippen LogP contribution is 2.63. The first-order chi connectivity index (χ1) is 27.0. The van der Waals surface area contributed by atoms with Crippen molar-refractivity contribution >= 4 is 39.0 Å². The van der Waals surface area contributed by atoms with Crippen molar-refractivity contribution in [1.82, 2.24) is 4.57 Å². The number of nitrogens with zero attached hydrogens (tertiary/aromatic N) is 4. The van der Waals surface area contributed by atoms with Crippen molar-refractivity contribution in [2.75, 3.05) is 4.90 Å². The monoisotopic (exact) mass is 704 g/mol. The predicted molar refractivity (Wildman–Crippen MR) is 216 cm³/mol. The molecule has 0 N–H and O–H groups in total. The molecule has 256 valence electrons. The summed E-state index contributed by atoms with van der Waals surface area (Å²) in [6, 6.07) is 58.3. The largest absolute Gasteiger partial charge is 0.456 e. The zero-order valence-corrected chi connectivity index (χ0v) is 30.2. The van der Waals surface area contributed by atoms with Gasteiger partial charge >= 0.3 is 5.66 Å². The van der Waals surface area contributed by atoms with Gasteiger partial charge in [-0.1, -0.05) is 105 Å². The summed E-state index contributed by atoms with van der Waals surface area (Å²) in [5.41, 5.74) is 16.1. The van der Waals surface area contributed by atoms with E-state index in [4.69, 9.17) is 4.74 Å². The van der Waals surface area contributed by atoms with Crippen molar-refractivity contribution in [1.29, 1.82) is 0 Å². The lowest BCUT2D eigenvalue weighted by atomic mass is 9.72. The van der Waals surface area contributed by atoms with Crippen LogP contribution in [0.5, 0.6) is 11.5 Å². The van der Waals surface area contributed by atoms with Crippen LogP contribution in [0.25, 0.3) is 61.3 Å². The summed E-state index contributed by atoms with van der Waals surface area (Å²) < 4.78 is 14.9. The zero-order chi connectivity index (χ0) is 35.9. The van der Waals surface area contributed by atoms with Gasteiger partial charge in [-0.25, -0.2) is 0 Å². The van der Waals surface area contributed by atoms with E-state index in [1.165, 1.54) is 89.2 Å². The first kappa shape index (κ1) is 28.5. The third-order valence-corrected chi connectivity index (χ3v) is 13.3. The second-order valence-corrected chi connectivity index (χ2v) is 16.1. The second-order valence-electron chi connectivity index (χ2n) is 16.1. The van der Waals surface area contributed by atoms with Crippen LogP contribution in [0.4, 0.5) is 17.2 Å². The Kier molecular flexibility index (Phi) is 4.77. The first-order valence-electron chi connectivity index (χ1n) is 19.2. The van der Waals surface area contributed by atoms with E-state index in [0.29, 0.717) is 0 Å². The average molecular weight is 705 g/mol. The summed E-state index contributed by atoms with van der Waals surface area (Å²) in [7, 11) is 0. The maximum absolute atomic E-state index is 7.08. The first-order valence-corrected chi connectivity index (χ1v) is 19.2. The Hall–Kier alpha value is -6.98. The molecule has 3 aromatic heterocycles. The van der Waals surface area contributed by atoms with Crippen LogP contribution < -0.4 is 18.8 Å². The van der Waals surface area contributed by atoms with E-state index in [0.717, 1.165) is 23.0 Å². The molecule has 5 aliphatic rings. The van der Waals surface area contributed by atoms with Gasteiger partial charge in [-0.2, -0.15) is 18.6 Å². The quantitative estimate of drug-likeness (QED) is 0.167. The maximum Gasteiger partial charge on any atom is 0.323 e. The molecule has 0 saturated heterocycles. The van der Waals surface area contributed by atoms with Crippen LogP contribution in [-0.2, 0) is 11.1 Å². The lowest BCUT2D eigenvalue weighted by Crippen LogP contribution is -2.76. The topological polar surface area (TPSA) is 25.2 Å². The molecule has 0 bridgehead atoms. The maximum atomic E-state index is 7.08. The molecule has 5 aliphatic heterocycles. The highest BCUT2D eigenvalue weighted by atomic mass is 16.5. The minimum Gasteiger partial charge on any atom is -0.456 e. The summed E-state index contributed by atoms with van der Waals surface area (Å²) in [6.07, 6.45) is 0. The van der Waals surface area contributed by atoms with Gasteiger partial charge in [0.15, 0.2) is 16.9 Å². The van der Waals surface area contributed by atoms with E-state index in [1.54, 1.807) is 0 Å². The van der Waals surface area contributed by atoms with Crippen LogP contribution in [-0.4, -0.2) is 4.57 Å². The van der Waals surface area contributed by atoms with Crippen LogP contribution in [0.2, 0.25) is 0 Å². The van der Waals surface area contributed by atoms with E-state index in [-0.39, 0.29) is 5.41 Å². The van der Waals surface area contributed by atoms with Crippen LogP contribution >= 0.6 is 0 Å². The number of para-hydroxylation sites is 2. The Morgan fingerprint density at radius 1 is 0.509 bits per heavy atom. The van der Waals surface area contributed by atoms with Gasteiger partial charge in [0.2, 0.25) is 0 Å². The molecule has 14 rings (SSSR count). The van der Waals surface area contributed by atoms with E-state index in [1.807, 2.05) is 0 Å². The molecule has 6 aromatic carbocycles. The number of hydrogen-bond donors (Lipinski definition) is 0. The predicted octanol–water partition coefficient (Wildman–Crippen LogP) is 10.8. The molecule has 1 spiro atoms. The van der Waals surface area contributed by atoms with Crippen molar-refractivity contribution in [3.8, 4) is 51.0 Å². The molecule has 1 atom stereocenters. The number of pyridine rings is 2. The SMILES string of the molecule is CC1(C)c2ccccc2N2c3cccc4c3C35c6c(ccc7c8ccccc8n(c67)-c6cc(-c7ccc(-c8ccccc8)cc7)cc([n+]63)-c3ccc1c2[n+]35)O4. The molecular weight excluding hydrogens is 673 g/mol. The molecule has 0 aliphatic carbocycles. The summed E-state index contributed by atoms with van der Waals surface area (Å²) in [5.74, 6) is 4.19. The van der Waals surface area contributed by atoms with Crippen molar-refractivity contribution in [3.63, 3.8) is 0 Å². The van der Waals surface area contributed by atoms with E-state index in [9.17, 15) is 0 Å². The summed E-state index contributed by atoms with van der Waals surface area (Å²) >= 11 is 0. The fraction of sp³-hybridized carbons (Fsp3) is 0.0800. The Labute approximate surface area is 317 Å². The van der Waals surface area contributed by atoms with Crippen LogP contribution in [0.1, 0.15) is 36.1 Å². The normalized spacial score (nSPS) is 17.6. The third kappa shape index (κ3) is 3.04. The van der Waals surface area contributed by atoms with E-state index >= 15 is 0 Å². The highest BCUT2D eigenvalue weighted by molar-refractivity contribution is 6.12. The van der Waals surface area contributed by atoms with Crippen LogP contribution in [0.3, 0.4) is 0 Å². The minimum atomic E-state index is -0.719. The molecule has 5 nitrogen and oxygen atoms in total. The minimum absolute atomic E-state index is 0.228. The molecular formula is C50H32N4O+2. The van der Waals surface area contributed by atoms with Gasteiger partial charge < -0.3 is 4.74 Å². The molecule has 0 radical (unpaired) electrons. The number of fused-ring (bicyclic) bond motifs is 8. The van der Waals surface area contributed by atoms with Gasteiger partial charge in [0.1, 0.15) is 39.5 Å². The van der Waals surface area contributed by atoms with Crippen molar-refractivity contribution in [2.24, 2.45) is 0 Å². The fourth-order valence-electron chi connectivity index (χ4n) is 11.0. The molecule has 5 heteroatoms. The molecule has 9 aromatic rings. The second kappa shape index (κ2) is 9.20. The summed E-state index contributed by atoms with van der Waals surface area (Å²) in [4.78, 5) is 2.53. The van der Waals surface area contributed by atoms with Gasteiger partial charge in [0.05, 0.1) is 5.56 Å². The number of anilines is 3. The van der Waals surface area contributed by atoms with E-state index < -0.39 is 5.66 Å². The van der Waals surface area contributed by atoms with Crippen LogP contribution in [0.15, 0.2) is 158 Å². The van der Waals surface area contributed by atoms with Crippen LogP contribution in [0, 0.1) is 0 Å². The Balaban J connectivity index is 1.18. The molecule has 1 unspecified atom stereocenters.